The van der Waals surface area contributed by atoms with Crippen molar-refractivity contribution in [3.8, 4) is 11.5 Å². The second kappa shape index (κ2) is 11.0. The summed E-state index contributed by atoms with van der Waals surface area (Å²) in [7, 11) is 0. The first-order valence-electron chi connectivity index (χ1n) is 11.8. The van der Waals surface area contributed by atoms with Crippen LogP contribution in [0.2, 0.25) is 0 Å². The zero-order chi connectivity index (χ0) is 25.7. The Morgan fingerprint density at radius 2 is 1.89 bits per heavy atom. The van der Waals surface area contributed by atoms with Crippen molar-refractivity contribution in [3.63, 3.8) is 0 Å². The maximum atomic E-state index is 12.2. The normalized spacial score (nSPS) is 15.4. The number of carbonyl (C=O) groups excluding carboxylic acids is 1. The number of carbonyl (C=O) groups is 1. The molecule has 2 aromatic carbocycles. The number of aromatic amines is 1. The highest BCUT2D eigenvalue weighted by molar-refractivity contribution is 6.16. The molecule has 0 spiro atoms. The molecule has 1 saturated heterocycles. The van der Waals surface area contributed by atoms with E-state index in [2.05, 4.69) is 15.3 Å². The summed E-state index contributed by atoms with van der Waals surface area (Å²) in [6.45, 7) is 2.83. The van der Waals surface area contributed by atoms with Crippen molar-refractivity contribution >= 4 is 23.3 Å². The standard InChI is InChI=1S/C26H30N6O4/c1-16-4-8-19(9-5-16)36-20-10-6-17(7-11-20)23(27)22-24(28)30-26(35)31-25(22)29-18-3-2-13-32(15-18)21(34)12-14-33/h4-11,18,27,33H,2-3,12-15H2,1H3,(H4,28,29,30,31,35). The lowest BCUT2D eigenvalue weighted by Gasteiger charge is -2.33. The van der Waals surface area contributed by atoms with Crippen LogP contribution in [0.15, 0.2) is 53.3 Å². The highest BCUT2D eigenvalue weighted by Gasteiger charge is 2.26. The number of H-pyrrole nitrogens is 1. The average molecular weight is 491 g/mol. The third-order valence-corrected chi connectivity index (χ3v) is 6.05. The number of rotatable bonds is 8. The van der Waals surface area contributed by atoms with E-state index in [9.17, 15) is 9.59 Å². The zero-order valence-corrected chi connectivity index (χ0v) is 20.1. The molecule has 1 amide bonds. The molecule has 3 aromatic rings. The lowest BCUT2D eigenvalue weighted by molar-refractivity contribution is -0.132. The Kier molecular flexibility index (Phi) is 7.65. The van der Waals surface area contributed by atoms with Crippen molar-refractivity contribution in [2.75, 3.05) is 30.7 Å². The summed E-state index contributed by atoms with van der Waals surface area (Å²) in [6, 6.07) is 14.6. The van der Waals surface area contributed by atoms with E-state index in [0.29, 0.717) is 30.2 Å². The number of nitrogen functional groups attached to an aromatic ring is 1. The van der Waals surface area contributed by atoms with Gasteiger partial charge in [-0.3, -0.25) is 15.2 Å². The van der Waals surface area contributed by atoms with Gasteiger partial charge < -0.3 is 25.8 Å². The van der Waals surface area contributed by atoms with Crippen molar-refractivity contribution in [2.45, 2.75) is 32.2 Å². The number of aromatic nitrogens is 2. The molecule has 2 heterocycles. The fourth-order valence-electron chi connectivity index (χ4n) is 4.19. The van der Waals surface area contributed by atoms with Crippen molar-refractivity contribution in [1.29, 1.82) is 5.41 Å². The first-order valence-corrected chi connectivity index (χ1v) is 11.8. The Bertz CT molecular complexity index is 1290. The number of aliphatic hydroxyl groups is 1. The summed E-state index contributed by atoms with van der Waals surface area (Å²) in [6.07, 6.45) is 1.60. The molecule has 4 rings (SSSR count). The topological polar surface area (TPSA) is 157 Å². The second-order valence-electron chi connectivity index (χ2n) is 8.79. The van der Waals surface area contributed by atoms with Crippen LogP contribution in [-0.2, 0) is 4.79 Å². The van der Waals surface area contributed by atoms with E-state index in [1.165, 1.54) is 0 Å². The summed E-state index contributed by atoms with van der Waals surface area (Å²) in [5, 5.41) is 21.1. The van der Waals surface area contributed by atoms with Gasteiger partial charge in [-0.25, -0.2) is 4.79 Å². The molecule has 1 atom stereocenters. The number of anilines is 2. The quantitative estimate of drug-likeness (QED) is 0.304. The smallest absolute Gasteiger partial charge is 0.348 e. The molecule has 0 bridgehead atoms. The van der Waals surface area contributed by atoms with Crippen LogP contribution in [-0.4, -0.2) is 57.3 Å². The molecule has 36 heavy (non-hydrogen) atoms. The molecular weight excluding hydrogens is 460 g/mol. The molecule has 1 fully saturated rings. The molecule has 1 unspecified atom stereocenters. The number of nitrogens with zero attached hydrogens (tertiary/aromatic N) is 2. The van der Waals surface area contributed by atoms with E-state index < -0.39 is 5.69 Å². The molecule has 0 saturated carbocycles. The van der Waals surface area contributed by atoms with E-state index in [-0.39, 0.29) is 47.9 Å². The van der Waals surface area contributed by atoms with Crippen LogP contribution in [0.3, 0.4) is 0 Å². The highest BCUT2D eigenvalue weighted by Crippen LogP contribution is 2.26. The molecule has 1 aliphatic heterocycles. The molecule has 10 nitrogen and oxygen atoms in total. The molecule has 6 N–H and O–H groups in total. The van der Waals surface area contributed by atoms with Crippen LogP contribution in [0.25, 0.3) is 0 Å². The van der Waals surface area contributed by atoms with Gasteiger partial charge in [0.15, 0.2) is 0 Å². The van der Waals surface area contributed by atoms with E-state index in [1.807, 2.05) is 31.2 Å². The van der Waals surface area contributed by atoms with Gasteiger partial charge in [0.2, 0.25) is 5.91 Å². The predicted octanol–water partition coefficient (Wildman–Crippen LogP) is 2.65. The fourth-order valence-corrected chi connectivity index (χ4v) is 4.19. The fraction of sp³-hybridized carbons (Fsp3) is 0.308. The maximum absolute atomic E-state index is 12.2. The highest BCUT2D eigenvalue weighted by atomic mass is 16.5. The van der Waals surface area contributed by atoms with E-state index in [0.717, 1.165) is 18.4 Å². The van der Waals surface area contributed by atoms with Gasteiger partial charge in [0, 0.05) is 31.1 Å². The van der Waals surface area contributed by atoms with Crippen LogP contribution in [0.1, 0.15) is 36.0 Å². The lowest BCUT2D eigenvalue weighted by Crippen LogP contribution is -2.45. The summed E-state index contributed by atoms with van der Waals surface area (Å²) in [5.74, 6) is 1.44. The molecule has 0 aliphatic carbocycles. The Balaban J connectivity index is 1.53. The minimum Gasteiger partial charge on any atom is -0.457 e. The number of aryl methyl sites for hydroxylation is 1. The molecule has 188 valence electrons. The number of hydrogen-bond donors (Lipinski definition) is 5. The largest absolute Gasteiger partial charge is 0.457 e. The number of ether oxygens (including phenoxy) is 1. The van der Waals surface area contributed by atoms with Gasteiger partial charge in [0.25, 0.3) is 0 Å². The SMILES string of the molecule is Cc1ccc(Oc2ccc(C(=N)c3c(NC4CCCN(C(=O)CCO)C4)nc(=O)[nH]c3N)cc2)cc1. The first-order chi connectivity index (χ1) is 17.3. The van der Waals surface area contributed by atoms with E-state index >= 15 is 0 Å². The zero-order valence-electron chi connectivity index (χ0n) is 20.1. The summed E-state index contributed by atoms with van der Waals surface area (Å²) < 4.78 is 5.87. The van der Waals surface area contributed by atoms with E-state index in [4.69, 9.17) is 21.0 Å². The molecule has 10 heteroatoms. The molecular formula is C26H30N6O4. The van der Waals surface area contributed by atoms with Crippen LogP contribution >= 0.6 is 0 Å². The minimum atomic E-state index is -0.627. The van der Waals surface area contributed by atoms with Gasteiger partial charge in [-0.05, 0) is 56.2 Å². The van der Waals surface area contributed by atoms with Crippen molar-refractivity contribution in [2.24, 2.45) is 0 Å². The predicted molar refractivity (Wildman–Crippen MR) is 138 cm³/mol. The number of nitrogens with one attached hydrogen (secondary N) is 3. The Labute approximate surface area is 208 Å². The van der Waals surface area contributed by atoms with Gasteiger partial charge in [0.1, 0.15) is 23.1 Å². The van der Waals surface area contributed by atoms with Gasteiger partial charge in [-0.15, -0.1) is 0 Å². The third kappa shape index (κ3) is 5.89. The average Bonchev–Trinajstić information content (AvgIpc) is 2.86. The van der Waals surface area contributed by atoms with Gasteiger partial charge >= 0.3 is 5.69 Å². The van der Waals surface area contributed by atoms with Gasteiger partial charge in [-0.1, -0.05) is 17.7 Å². The molecule has 0 radical (unpaired) electrons. The Morgan fingerprint density at radius 1 is 1.22 bits per heavy atom. The lowest BCUT2D eigenvalue weighted by atomic mass is 10.0. The third-order valence-electron chi connectivity index (χ3n) is 6.05. The van der Waals surface area contributed by atoms with Crippen molar-refractivity contribution in [3.05, 3.63) is 75.7 Å². The number of likely N-dealkylation sites (tertiary alicyclic amines) is 1. The number of piperidine rings is 1. The van der Waals surface area contributed by atoms with Crippen LogP contribution in [0.5, 0.6) is 11.5 Å². The number of benzene rings is 2. The van der Waals surface area contributed by atoms with E-state index in [1.54, 1.807) is 29.2 Å². The van der Waals surface area contributed by atoms with Crippen LogP contribution in [0.4, 0.5) is 11.6 Å². The van der Waals surface area contributed by atoms with Crippen molar-refractivity contribution in [1.82, 2.24) is 14.9 Å². The second-order valence-corrected chi connectivity index (χ2v) is 8.79. The van der Waals surface area contributed by atoms with Crippen LogP contribution in [0, 0.1) is 12.3 Å². The van der Waals surface area contributed by atoms with Crippen molar-refractivity contribution < 1.29 is 14.6 Å². The Morgan fingerprint density at radius 3 is 2.56 bits per heavy atom. The Hall–Kier alpha value is -4.18. The van der Waals surface area contributed by atoms with Gasteiger partial charge in [-0.2, -0.15) is 4.98 Å². The molecule has 1 aromatic heterocycles. The first kappa shape index (κ1) is 24.9. The monoisotopic (exact) mass is 490 g/mol. The maximum Gasteiger partial charge on any atom is 0.348 e. The summed E-state index contributed by atoms with van der Waals surface area (Å²) in [5.41, 5.74) is 7.58. The summed E-state index contributed by atoms with van der Waals surface area (Å²) in [4.78, 5) is 32.5. The molecule has 1 aliphatic rings. The van der Waals surface area contributed by atoms with Crippen LogP contribution < -0.4 is 21.5 Å². The van der Waals surface area contributed by atoms with Gasteiger partial charge in [0.05, 0.1) is 17.9 Å². The number of nitrogens with two attached hydrogens (primary N) is 1. The summed E-state index contributed by atoms with van der Waals surface area (Å²) >= 11 is 0. The number of amides is 1. The minimum absolute atomic E-state index is 0.0338. The number of hydrogen-bond acceptors (Lipinski definition) is 8. The number of aliphatic hydroxyl groups excluding tert-OH is 1.